The van der Waals surface area contributed by atoms with Crippen molar-refractivity contribution < 1.29 is 9.59 Å². The van der Waals surface area contributed by atoms with Crippen molar-refractivity contribution in [1.29, 1.82) is 0 Å². The topological polar surface area (TPSA) is 40.6 Å². The van der Waals surface area contributed by atoms with Crippen molar-refractivity contribution in [3.63, 3.8) is 0 Å². The predicted octanol–water partition coefficient (Wildman–Crippen LogP) is 4.90. The predicted molar refractivity (Wildman–Crippen MR) is 110 cm³/mol. The monoisotopic (exact) mass is 420 g/mol. The second-order valence-corrected chi connectivity index (χ2v) is 7.28. The fraction of sp³-hybridized carbons (Fsp3) is 0.0909. The van der Waals surface area contributed by atoms with Gasteiger partial charge in [-0.25, -0.2) is 10.0 Å². The highest BCUT2D eigenvalue weighted by molar-refractivity contribution is 9.10. The molecule has 4 rings (SSSR count). The lowest BCUT2D eigenvalue weighted by Crippen LogP contribution is -2.48. The van der Waals surface area contributed by atoms with Gasteiger partial charge in [-0.2, -0.15) is 0 Å². The average Bonchev–Trinajstić information content (AvgIpc) is 2.96. The molecule has 2 amide bonds. The molecule has 3 aromatic rings. The molecule has 0 aliphatic carbocycles. The number of fused-ring (bicyclic) bond motifs is 1. The standard InChI is InChI=1S/C22H17BrN2O2/c1-15(26)24(18-13-11-17(23)12-14-18)25-20-10-6-5-9-19(20)21(22(25)27)16-7-3-2-4-8-16/h2-14,21H,1H3. The Labute approximate surface area is 166 Å². The SMILES string of the molecule is CC(=O)N(c1ccc(Br)cc1)N1C(=O)C(c2ccccc2)c2ccccc21. The van der Waals surface area contributed by atoms with Crippen LogP contribution >= 0.6 is 15.9 Å². The van der Waals surface area contributed by atoms with Crippen molar-refractivity contribution >= 4 is 39.1 Å². The highest BCUT2D eigenvalue weighted by atomic mass is 79.9. The van der Waals surface area contributed by atoms with Crippen LogP contribution in [0.2, 0.25) is 0 Å². The molecule has 0 N–H and O–H groups in total. The molecule has 1 unspecified atom stereocenters. The number of carbonyl (C=O) groups is 2. The smallest absolute Gasteiger partial charge is 0.258 e. The van der Waals surface area contributed by atoms with Gasteiger partial charge in [0.2, 0.25) is 5.91 Å². The summed E-state index contributed by atoms with van der Waals surface area (Å²) in [6.07, 6.45) is 0. The Hall–Kier alpha value is -2.92. The summed E-state index contributed by atoms with van der Waals surface area (Å²) in [6, 6.07) is 24.6. The molecule has 0 spiro atoms. The van der Waals surface area contributed by atoms with Crippen LogP contribution in [0.3, 0.4) is 0 Å². The zero-order chi connectivity index (χ0) is 19.0. The van der Waals surface area contributed by atoms with Crippen molar-refractivity contribution in [2.24, 2.45) is 0 Å². The molecule has 1 atom stereocenters. The number of para-hydroxylation sites is 1. The first-order valence-electron chi connectivity index (χ1n) is 8.62. The number of hydrazine groups is 1. The van der Waals surface area contributed by atoms with Crippen LogP contribution in [0.1, 0.15) is 24.0 Å². The van der Waals surface area contributed by atoms with E-state index in [1.807, 2.05) is 78.9 Å². The molecule has 5 heteroatoms. The van der Waals surface area contributed by atoms with Gasteiger partial charge in [0.15, 0.2) is 0 Å². The largest absolute Gasteiger partial charge is 0.273 e. The molecule has 1 aliphatic heterocycles. The first-order chi connectivity index (χ1) is 13.1. The third kappa shape index (κ3) is 3.04. The van der Waals surface area contributed by atoms with E-state index in [1.165, 1.54) is 16.9 Å². The number of nitrogens with zero attached hydrogens (tertiary/aromatic N) is 2. The number of anilines is 2. The Bertz CT molecular complexity index is 1000. The van der Waals surface area contributed by atoms with E-state index < -0.39 is 5.92 Å². The number of benzene rings is 3. The Morgan fingerprint density at radius 2 is 1.56 bits per heavy atom. The zero-order valence-electron chi connectivity index (χ0n) is 14.7. The van der Waals surface area contributed by atoms with E-state index in [1.54, 1.807) is 0 Å². The first-order valence-corrected chi connectivity index (χ1v) is 9.41. The summed E-state index contributed by atoms with van der Waals surface area (Å²) in [4.78, 5) is 26.0. The third-order valence-electron chi connectivity index (χ3n) is 4.63. The van der Waals surface area contributed by atoms with E-state index >= 15 is 0 Å². The van der Waals surface area contributed by atoms with Gasteiger partial charge < -0.3 is 0 Å². The van der Waals surface area contributed by atoms with E-state index in [2.05, 4.69) is 15.9 Å². The maximum atomic E-state index is 13.5. The molecule has 0 bridgehead atoms. The van der Waals surface area contributed by atoms with E-state index in [9.17, 15) is 9.59 Å². The zero-order valence-corrected chi connectivity index (χ0v) is 16.3. The van der Waals surface area contributed by atoms with Gasteiger partial charge in [0.1, 0.15) is 0 Å². The van der Waals surface area contributed by atoms with E-state index in [0.29, 0.717) is 5.69 Å². The summed E-state index contributed by atoms with van der Waals surface area (Å²) in [5.41, 5.74) is 3.19. The van der Waals surface area contributed by atoms with Crippen molar-refractivity contribution in [3.05, 3.63) is 94.5 Å². The quantitative estimate of drug-likeness (QED) is 0.604. The number of rotatable bonds is 3. The van der Waals surface area contributed by atoms with Gasteiger partial charge in [0.25, 0.3) is 5.91 Å². The van der Waals surface area contributed by atoms with Crippen LogP contribution in [0.25, 0.3) is 0 Å². The van der Waals surface area contributed by atoms with E-state index in [-0.39, 0.29) is 11.8 Å². The Balaban J connectivity index is 1.86. The molecular formula is C22H17BrN2O2. The van der Waals surface area contributed by atoms with Crippen molar-refractivity contribution in [2.75, 3.05) is 10.0 Å². The van der Waals surface area contributed by atoms with Gasteiger partial charge in [-0.05, 0) is 41.5 Å². The molecule has 3 aromatic carbocycles. The molecular weight excluding hydrogens is 404 g/mol. The van der Waals surface area contributed by atoms with Gasteiger partial charge in [-0.15, -0.1) is 0 Å². The molecule has 134 valence electrons. The lowest BCUT2D eigenvalue weighted by molar-refractivity contribution is -0.122. The molecule has 1 aliphatic rings. The highest BCUT2D eigenvalue weighted by Gasteiger charge is 2.42. The van der Waals surface area contributed by atoms with Gasteiger partial charge in [-0.3, -0.25) is 9.59 Å². The van der Waals surface area contributed by atoms with Gasteiger partial charge in [0, 0.05) is 11.4 Å². The van der Waals surface area contributed by atoms with E-state index in [0.717, 1.165) is 21.3 Å². The van der Waals surface area contributed by atoms with Crippen LogP contribution in [0, 0.1) is 0 Å². The number of hydrogen-bond acceptors (Lipinski definition) is 2. The minimum absolute atomic E-state index is 0.138. The summed E-state index contributed by atoms with van der Waals surface area (Å²) in [5, 5.41) is 2.94. The molecule has 1 heterocycles. The molecule has 0 saturated heterocycles. The Kier molecular flexibility index (Phi) is 4.54. The minimum Gasteiger partial charge on any atom is -0.273 e. The molecule has 0 fully saturated rings. The number of carbonyl (C=O) groups excluding carboxylic acids is 2. The van der Waals surface area contributed by atoms with Crippen LogP contribution in [0.5, 0.6) is 0 Å². The first kappa shape index (κ1) is 17.5. The third-order valence-corrected chi connectivity index (χ3v) is 5.16. The summed E-state index contributed by atoms with van der Waals surface area (Å²) >= 11 is 3.41. The molecule has 0 aromatic heterocycles. The number of hydrogen-bond donors (Lipinski definition) is 0. The molecule has 0 radical (unpaired) electrons. The van der Waals surface area contributed by atoms with Gasteiger partial charge >= 0.3 is 0 Å². The Morgan fingerprint density at radius 1 is 0.926 bits per heavy atom. The summed E-state index contributed by atoms with van der Waals surface area (Å²) < 4.78 is 0.907. The van der Waals surface area contributed by atoms with Gasteiger partial charge in [-0.1, -0.05) is 64.5 Å². The lowest BCUT2D eigenvalue weighted by atomic mass is 9.93. The van der Waals surface area contributed by atoms with Crippen LogP contribution in [-0.2, 0) is 9.59 Å². The van der Waals surface area contributed by atoms with Crippen LogP contribution in [-0.4, -0.2) is 11.8 Å². The van der Waals surface area contributed by atoms with Crippen LogP contribution in [0.15, 0.2) is 83.3 Å². The fourth-order valence-electron chi connectivity index (χ4n) is 3.49. The molecule has 27 heavy (non-hydrogen) atoms. The summed E-state index contributed by atoms with van der Waals surface area (Å²) in [6.45, 7) is 1.47. The van der Waals surface area contributed by atoms with Crippen LogP contribution < -0.4 is 10.0 Å². The maximum Gasteiger partial charge on any atom is 0.258 e. The van der Waals surface area contributed by atoms with Crippen molar-refractivity contribution in [1.82, 2.24) is 0 Å². The second kappa shape index (κ2) is 7.00. The maximum absolute atomic E-state index is 13.5. The fourth-order valence-corrected chi connectivity index (χ4v) is 3.76. The van der Waals surface area contributed by atoms with E-state index in [4.69, 9.17) is 0 Å². The highest BCUT2D eigenvalue weighted by Crippen LogP contribution is 2.42. The summed E-state index contributed by atoms with van der Waals surface area (Å²) in [5.74, 6) is -0.797. The van der Waals surface area contributed by atoms with Crippen molar-refractivity contribution in [2.45, 2.75) is 12.8 Å². The minimum atomic E-state index is -0.431. The lowest BCUT2D eigenvalue weighted by Gasteiger charge is -2.31. The Morgan fingerprint density at radius 3 is 2.22 bits per heavy atom. The second-order valence-electron chi connectivity index (χ2n) is 6.36. The number of amides is 2. The average molecular weight is 421 g/mol. The summed E-state index contributed by atoms with van der Waals surface area (Å²) in [7, 11) is 0. The molecule has 0 saturated carbocycles. The normalized spacial score (nSPS) is 15.6. The van der Waals surface area contributed by atoms with Crippen molar-refractivity contribution in [3.8, 4) is 0 Å². The van der Waals surface area contributed by atoms with Gasteiger partial charge in [0.05, 0.1) is 17.3 Å². The molecule has 4 nitrogen and oxygen atoms in total. The number of halogens is 1. The van der Waals surface area contributed by atoms with Crippen LogP contribution in [0.4, 0.5) is 11.4 Å².